The van der Waals surface area contributed by atoms with Crippen LogP contribution in [-0.4, -0.2) is 36.7 Å². The average Bonchev–Trinajstić information content (AvgIpc) is 2.53. The average molecular weight is 347 g/mol. The van der Waals surface area contributed by atoms with Gasteiger partial charge in [-0.15, -0.1) is 0 Å². The zero-order chi connectivity index (χ0) is 17.4. The quantitative estimate of drug-likeness (QED) is 0.769. The van der Waals surface area contributed by atoms with E-state index in [4.69, 9.17) is 0 Å². The number of hydrogen-bond donors (Lipinski definition) is 2. The van der Waals surface area contributed by atoms with E-state index in [9.17, 15) is 18.0 Å². The fourth-order valence-corrected chi connectivity index (χ4v) is 3.00. The first kappa shape index (κ1) is 17.6. The van der Waals surface area contributed by atoms with Gasteiger partial charge in [-0.2, -0.15) is 0 Å². The lowest BCUT2D eigenvalue weighted by Gasteiger charge is -2.07. The minimum atomic E-state index is -3.84. The van der Waals surface area contributed by atoms with Crippen LogP contribution in [0.1, 0.15) is 5.56 Å². The van der Waals surface area contributed by atoms with Crippen molar-refractivity contribution in [1.29, 1.82) is 0 Å². The Morgan fingerprint density at radius 1 is 0.917 bits per heavy atom. The van der Waals surface area contributed by atoms with Gasteiger partial charge in [-0.3, -0.25) is 14.6 Å². The molecule has 8 heteroatoms. The fraction of sp³-hybridized carbons (Fsp3) is 0.188. The second-order valence-corrected chi connectivity index (χ2v) is 7.14. The summed E-state index contributed by atoms with van der Waals surface area (Å²) in [6.07, 6.45) is 3.15. The van der Waals surface area contributed by atoms with Crippen LogP contribution in [0, 0.1) is 0 Å². The number of aromatic nitrogens is 1. The van der Waals surface area contributed by atoms with Crippen LogP contribution in [0.15, 0.2) is 54.9 Å². The highest BCUT2D eigenvalue weighted by atomic mass is 32.2. The summed E-state index contributed by atoms with van der Waals surface area (Å²) in [5.74, 6) is -2.81. The van der Waals surface area contributed by atoms with E-state index < -0.39 is 33.2 Å². The minimum Gasteiger partial charge on any atom is -0.351 e. The number of nitrogens with one attached hydrogen (secondary N) is 2. The number of sulfone groups is 1. The summed E-state index contributed by atoms with van der Waals surface area (Å²) in [6.45, 7) is 0.201. The monoisotopic (exact) mass is 347 g/mol. The molecule has 1 heterocycles. The molecule has 2 rings (SSSR count). The summed E-state index contributed by atoms with van der Waals surface area (Å²) >= 11 is 0. The topological polar surface area (TPSA) is 105 Å². The van der Waals surface area contributed by atoms with Crippen LogP contribution in [0.2, 0.25) is 0 Å². The normalized spacial score (nSPS) is 10.8. The van der Waals surface area contributed by atoms with E-state index in [-0.39, 0.29) is 6.54 Å². The highest BCUT2D eigenvalue weighted by Crippen LogP contribution is 2.05. The summed E-state index contributed by atoms with van der Waals surface area (Å²) in [5.41, 5.74) is 1.30. The molecule has 0 aliphatic rings. The predicted octanol–water partition coefficient (Wildman–Crippen LogP) is 0.751. The number of anilines is 1. The van der Waals surface area contributed by atoms with Crippen molar-refractivity contribution in [3.8, 4) is 0 Å². The van der Waals surface area contributed by atoms with Gasteiger partial charge in [0.1, 0.15) is 11.5 Å². The second-order valence-electron chi connectivity index (χ2n) is 5.08. The maximum Gasteiger partial charge on any atom is 0.239 e. The molecular formula is C16H17N3O4S. The molecule has 0 saturated carbocycles. The molecule has 1 aromatic heterocycles. The number of para-hydroxylation sites is 1. The van der Waals surface area contributed by atoms with E-state index in [0.29, 0.717) is 5.69 Å². The maximum atomic E-state index is 11.9. The smallest absolute Gasteiger partial charge is 0.239 e. The Balaban J connectivity index is 1.81. The fourth-order valence-electron chi connectivity index (χ4n) is 1.92. The molecule has 0 fully saturated rings. The highest BCUT2D eigenvalue weighted by Gasteiger charge is 2.20. The van der Waals surface area contributed by atoms with Gasteiger partial charge in [-0.25, -0.2) is 8.42 Å². The third-order valence-electron chi connectivity index (χ3n) is 3.00. The molecule has 7 nitrogen and oxygen atoms in total. The van der Waals surface area contributed by atoms with Gasteiger partial charge in [-0.05, 0) is 29.8 Å². The maximum absolute atomic E-state index is 11.9. The molecule has 2 amide bonds. The molecule has 0 atom stereocenters. The van der Waals surface area contributed by atoms with Gasteiger partial charge in [0.25, 0.3) is 0 Å². The Hall–Kier alpha value is -2.74. The Morgan fingerprint density at radius 2 is 1.54 bits per heavy atom. The van der Waals surface area contributed by atoms with Gasteiger partial charge >= 0.3 is 0 Å². The van der Waals surface area contributed by atoms with E-state index in [2.05, 4.69) is 15.6 Å². The highest BCUT2D eigenvalue weighted by molar-refractivity contribution is 7.92. The number of benzene rings is 1. The van der Waals surface area contributed by atoms with Gasteiger partial charge in [0.05, 0.1) is 0 Å². The largest absolute Gasteiger partial charge is 0.351 e. The Morgan fingerprint density at radius 3 is 2.21 bits per heavy atom. The number of carbonyl (C=O) groups excluding carboxylic acids is 2. The number of rotatable bonds is 7. The van der Waals surface area contributed by atoms with Crippen molar-refractivity contribution in [2.24, 2.45) is 0 Å². The van der Waals surface area contributed by atoms with Crippen LogP contribution in [0.3, 0.4) is 0 Å². The molecule has 126 valence electrons. The second kappa shape index (κ2) is 8.21. The van der Waals surface area contributed by atoms with E-state index in [1.165, 1.54) is 0 Å². The molecule has 2 aromatic rings. The summed E-state index contributed by atoms with van der Waals surface area (Å²) < 4.78 is 23.8. The molecule has 2 N–H and O–H groups in total. The molecule has 1 aromatic carbocycles. The zero-order valence-corrected chi connectivity index (χ0v) is 13.6. The Bertz CT molecular complexity index is 793. The first-order chi connectivity index (χ1) is 11.4. The molecule has 0 aliphatic heterocycles. The van der Waals surface area contributed by atoms with Crippen LogP contribution in [-0.2, 0) is 26.0 Å². The summed E-state index contributed by atoms with van der Waals surface area (Å²) in [5, 5.41) is 4.97. The predicted molar refractivity (Wildman–Crippen MR) is 89.8 cm³/mol. The molecular weight excluding hydrogens is 330 g/mol. The molecule has 0 aliphatic carbocycles. The number of amides is 2. The van der Waals surface area contributed by atoms with Crippen molar-refractivity contribution < 1.29 is 18.0 Å². The van der Waals surface area contributed by atoms with Gasteiger partial charge in [-0.1, -0.05) is 18.2 Å². The molecule has 0 saturated heterocycles. The van der Waals surface area contributed by atoms with Crippen molar-refractivity contribution in [3.05, 3.63) is 60.4 Å². The molecule has 0 unspecified atom stereocenters. The summed E-state index contributed by atoms with van der Waals surface area (Å²) in [4.78, 5) is 27.3. The lowest BCUT2D eigenvalue weighted by atomic mass is 10.3. The summed E-state index contributed by atoms with van der Waals surface area (Å²) in [7, 11) is -3.84. The van der Waals surface area contributed by atoms with Crippen LogP contribution >= 0.6 is 0 Å². The molecule has 0 spiro atoms. The van der Waals surface area contributed by atoms with Crippen LogP contribution in [0.5, 0.6) is 0 Å². The Kier molecular flexibility index (Phi) is 6.02. The molecule has 0 radical (unpaired) electrons. The van der Waals surface area contributed by atoms with Crippen molar-refractivity contribution in [2.45, 2.75) is 6.54 Å². The van der Waals surface area contributed by atoms with Gasteiger partial charge in [0.15, 0.2) is 9.84 Å². The lowest BCUT2D eigenvalue weighted by Crippen LogP contribution is -2.33. The van der Waals surface area contributed by atoms with E-state index in [1.807, 2.05) is 0 Å². The van der Waals surface area contributed by atoms with Crippen molar-refractivity contribution in [3.63, 3.8) is 0 Å². The Labute approximate surface area is 140 Å². The zero-order valence-electron chi connectivity index (χ0n) is 12.8. The number of nitrogens with zero attached hydrogens (tertiary/aromatic N) is 1. The molecule has 24 heavy (non-hydrogen) atoms. The first-order valence-electron chi connectivity index (χ1n) is 7.15. The SMILES string of the molecule is O=C(CS(=O)(=O)CC(=O)Nc1ccccc1)NCc1ccncc1. The standard InChI is InChI=1S/C16H17N3O4S/c20-15(18-10-13-6-8-17-9-7-13)11-24(22,23)12-16(21)19-14-4-2-1-3-5-14/h1-9H,10-12H2,(H,18,20)(H,19,21). The molecule has 0 bridgehead atoms. The summed E-state index contributed by atoms with van der Waals surface area (Å²) in [6, 6.07) is 11.9. The van der Waals surface area contributed by atoms with E-state index in [1.54, 1.807) is 54.9 Å². The third kappa shape index (κ3) is 6.17. The van der Waals surface area contributed by atoms with E-state index >= 15 is 0 Å². The van der Waals surface area contributed by atoms with Crippen molar-refractivity contribution in [2.75, 3.05) is 16.8 Å². The third-order valence-corrected chi connectivity index (χ3v) is 4.40. The van der Waals surface area contributed by atoms with Gasteiger partial charge in [0, 0.05) is 24.6 Å². The number of pyridine rings is 1. The number of hydrogen-bond acceptors (Lipinski definition) is 5. The number of carbonyl (C=O) groups is 2. The van der Waals surface area contributed by atoms with Crippen LogP contribution in [0.4, 0.5) is 5.69 Å². The van der Waals surface area contributed by atoms with E-state index in [0.717, 1.165) is 5.56 Å². The van der Waals surface area contributed by atoms with Gasteiger partial charge < -0.3 is 10.6 Å². The lowest BCUT2D eigenvalue weighted by molar-refractivity contribution is -0.118. The van der Waals surface area contributed by atoms with Gasteiger partial charge in [0.2, 0.25) is 11.8 Å². The van der Waals surface area contributed by atoms with Crippen molar-refractivity contribution in [1.82, 2.24) is 10.3 Å². The van der Waals surface area contributed by atoms with Crippen molar-refractivity contribution >= 4 is 27.3 Å². The minimum absolute atomic E-state index is 0.201. The van der Waals surface area contributed by atoms with Crippen LogP contribution in [0.25, 0.3) is 0 Å². The van der Waals surface area contributed by atoms with Crippen LogP contribution < -0.4 is 10.6 Å². The first-order valence-corrected chi connectivity index (χ1v) is 8.98.